The highest BCUT2D eigenvalue weighted by atomic mass is 35.5. The average molecular weight is 667 g/mol. The summed E-state index contributed by atoms with van der Waals surface area (Å²) in [5, 5.41) is 13.2. The van der Waals surface area contributed by atoms with Gasteiger partial charge in [-0.1, -0.05) is 63.9 Å². The van der Waals surface area contributed by atoms with Crippen molar-refractivity contribution in [2.24, 2.45) is 51.8 Å². The van der Waals surface area contributed by atoms with Gasteiger partial charge < -0.3 is 14.7 Å². The molecule has 1 N–H and O–H groups in total. The van der Waals surface area contributed by atoms with Crippen molar-refractivity contribution >= 4 is 17.4 Å². The molecule has 0 spiro atoms. The molecule has 6 heteroatoms. The molecule has 47 heavy (non-hydrogen) atoms. The van der Waals surface area contributed by atoms with Crippen LogP contribution in [0.2, 0.25) is 5.02 Å². The lowest BCUT2D eigenvalue weighted by Crippen LogP contribution is -2.61. The molecule has 4 fully saturated rings. The first kappa shape index (κ1) is 35.6. The number of ketones is 1. The fourth-order valence-corrected chi connectivity index (χ4v) is 12.7. The number of carbonyl (C=O) groups excluding carboxylic acids is 1. The van der Waals surface area contributed by atoms with Crippen molar-refractivity contribution < 1.29 is 14.6 Å². The van der Waals surface area contributed by atoms with E-state index in [4.69, 9.17) is 16.3 Å². The van der Waals surface area contributed by atoms with Gasteiger partial charge in [0.25, 0.3) is 0 Å². The number of aliphatic hydroxyl groups excluding tert-OH is 1. The topological polar surface area (TPSA) is 53.0 Å². The zero-order valence-electron chi connectivity index (χ0n) is 30.7. The molecule has 0 saturated heterocycles. The number of ether oxygens (including phenoxy) is 1. The van der Waals surface area contributed by atoms with Gasteiger partial charge in [0.15, 0.2) is 5.78 Å². The van der Waals surface area contributed by atoms with Gasteiger partial charge in [-0.05, 0) is 135 Å². The minimum Gasteiger partial charge on any atom is -0.391 e. The molecular weight excluding hydrogens is 604 g/mol. The Morgan fingerprint density at radius 2 is 1.62 bits per heavy atom. The third-order valence-corrected chi connectivity index (χ3v) is 15.0. The van der Waals surface area contributed by atoms with Gasteiger partial charge >= 0.3 is 0 Å². The number of fused-ring (bicyclic) bond motifs is 7. The maximum atomic E-state index is 14.1. The van der Waals surface area contributed by atoms with Crippen LogP contribution in [0.1, 0.15) is 98.0 Å². The Hall–Kier alpha value is -1.24. The van der Waals surface area contributed by atoms with Crippen LogP contribution in [-0.2, 0) is 16.1 Å². The summed E-state index contributed by atoms with van der Waals surface area (Å²) in [6, 6.07) is 8.10. The van der Waals surface area contributed by atoms with Crippen molar-refractivity contribution in [1.29, 1.82) is 0 Å². The quantitative estimate of drug-likeness (QED) is 0.272. The maximum absolute atomic E-state index is 14.1. The van der Waals surface area contributed by atoms with Crippen molar-refractivity contribution in [1.82, 2.24) is 9.80 Å². The first-order valence-electron chi connectivity index (χ1n) is 18.8. The molecule has 5 nitrogen and oxygen atoms in total. The first-order chi connectivity index (χ1) is 22.2. The Bertz CT molecular complexity index is 1330. The molecule has 10 atom stereocenters. The normalized spacial score (nSPS) is 39.2. The summed E-state index contributed by atoms with van der Waals surface area (Å²) >= 11 is 6.22. The number of carbonyl (C=O) groups is 1. The number of hydrogen-bond donors (Lipinski definition) is 1. The summed E-state index contributed by atoms with van der Waals surface area (Å²) in [5.41, 5.74) is 3.86. The Morgan fingerprint density at radius 3 is 2.28 bits per heavy atom. The molecule has 0 aliphatic heterocycles. The lowest BCUT2D eigenvalue weighted by Gasteiger charge is -2.67. The van der Waals surface area contributed by atoms with E-state index in [2.05, 4.69) is 70.6 Å². The molecule has 10 unspecified atom stereocenters. The predicted octanol–water partition coefficient (Wildman–Crippen LogP) is 8.28. The molecule has 5 aliphatic carbocycles. The number of likely N-dealkylation sites (N-methyl/N-ethyl adjacent to an activating group) is 1. The van der Waals surface area contributed by atoms with E-state index in [-0.39, 0.29) is 11.3 Å². The molecule has 1 aromatic rings. The van der Waals surface area contributed by atoms with Crippen LogP contribution < -0.4 is 0 Å². The van der Waals surface area contributed by atoms with Crippen LogP contribution in [0, 0.1) is 51.8 Å². The Kier molecular flexibility index (Phi) is 10.2. The van der Waals surface area contributed by atoms with Crippen molar-refractivity contribution in [2.45, 2.75) is 111 Å². The third kappa shape index (κ3) is 6.11. The molecule has 0 radical (unpaired) electrons. The Balaban J connectivity index is 1.30. The molecule has 262 valence electrons. The fraction of sp³-hybridized carbons (Fsp3) is 0.780. The number of benzene rings is 1. The summed E-state index contributed by atoms with van der Waals surface area (Å²) in [7, 11) is 6.13. The van der Waals surface area contributed by atoms with Crippen LogP contribution in [0.5, 0.6) is 0 Å². The van der Waals surface area contributed by atoms with Gasteiger partial charge in [-0.25, -0.2) is 0 Å². The number of allylic oxidation sites excluding steroid dienone is 1. The second-order valence-corrected chi connectivity index (χ2v) is 18.1. The number of hydrogen-bond acceptors (Lipinski definition) is 5. The van der Waals surface area contributed by atoms with Gasteiger partial charge in [0, 0.05) is 50.1 Å². The average Bonchev–Trinajstić information content (AvgIpc) is 3.34. The molecule has 1 aromatic carbocycles. The van der Waals surface area contributed by atoms with Gasteiger partial charge in [0.1, 0.15) is 0 Å². The second-order valence-electron chi connectivity index (χ2n) is 17.6. The highest BCUT2D eigenvalue weighted by molar-refractivity contribution is 6.30. The van der Waals surface area contributed by atoms with E-state index in [1.165, 1.54) is 43.2 Å². The van der Waals surface area contributed by atoms with E-state index in [0.717, 1.165) is 55.4 Å². The number of halogens is 1. The van der Waals surface area contributed by atoms with Gasteiger partial charge in [-0.15, -0.1) is 0 Å². The van der Waals surface area contributed by atoms with Crippen LogP contribution in [-0.4, -0.2) is 73.7 Å². The molecule has 0 aromatic heterocycles. The third-order valence-electron chi connectivity index (χ3n) is 14.7. The van der Waals surface area contributed by atoms with Gasteiger partial charge in [0.2, 0.25) is 0 Å². The van der Waals surface area contributed by atoms with E-state index in [0.29, 0.717) is 53.9 Å². The van der Waals surface area contributed by atoms with Gasteiger partial charge in [-0.2, -0.15) is 0 Å². The SMILES string of the molecule is COC1CCC2(C)C(CCC3(C)C4CCC5(C(O)CN(CCN(C)C)Cc6ccc(Cl)cc6)CC(=O)C(C(C)C)=C5C4CCC32)C1C. The number of Topliss-reactive ketones (excluding diaryl/α,β-unsaturated/α-hetero) is 1. The molecule has 4 saturated carbocycles. The van der Waals surface area contributed by atoms with Crippen LogP contribution in [0.4, 0.5) is 0 Å². The number of methoxy groups -OCH3 is 1. The van der Waals surface area contributed by atoms with E-state index in [1.807, 2.05) is 19.2 Å². The zero-order valence-corrected chi connectivity index (χ0v) is 31.4. The lowest BCUT2D eigenvalue weighted by molar-refractivity contribution is -0.184. The molecule has 0 heterocycles. The predicted molar refractivity (Wildman–Crippen MR) is 192 cm³/mol. The summed E-state index contributed by atoms with van der Waals surface area (Å²) in [6.45, 7) is 15.3. The van der Waals surface area contributed by atoms with E-state index in [9.17, 15) is 9.90 Å². The van der Waals surface area contributed by atoms with Crippen LogP contribution in [0.3, 0.4) is 0 Å². The zero-order chi connectivity index (χ0) is 33.9. The highest BCUT2D eigenvalue weighted by Gasteiger charge is 2.65. The lowest BCUT2D eigenvalue weighted by atomic mass is 9.38. The largest absolute Gasteiger partial charge is 0.391 e. The Labute approximate surface area is 290 Å². The van der Waals surface area contributed by atoms with E-state index in [1.54, 1.807) is 0 Å². The summed E-state index contributed by atoms with van der Waals surface area (Å²) in [6.07, 6.45) is 9.81. The summed E-state index contributed by atoms with van der Waals surface area (Å²) in [5.74, 6) is 3.55. The minimum absolute atomic E-state index is 0.188. The second kappa shape index (κ2) is 13.5. The monoisotopic (exact) mass is 666 g/mol. The number of rotatable bonds is 10. The molecule has 0 bridgehead atoms. The van der Waals surface area contributed by atoms with Crippen LogP contribution in [0.15, 0.2) is 35.4 Å². The van der Waals surface area contributed by atoms with Gasteiger partial charge in [-0.3, -0.25) is 9.69 Å². The maximum Gasteiger partial charge on any atom is 0.160 e. The van der Waals surface area contributed by atoms with Crippen LogP contribution >= 0.6 is 11.6 Å². The van der Waals surface area contributed by atoms with E-state index >= 15 is 0 Å². The molecule has 0 amide bonds. The molecular formula is C41H63ClN2O3. The van der Waals surface area contributed by atoms with Crippen molar-refractivity contribution in [3.63, 3.8) is 0 Å². The van der Waals surface area contributed by atoms with Crippen molar-refractivity contribution in [2.75, 3.05) is 40.8 Å². The number of nitrogens with zero attached hydrogens (tertiary/aromatic N) is 2. The standard InChI is InChI=1S/C41H63ClN2O3/c1-26(2)37-33(45)23-41(36(46)25-44(22-21-43(6)7)24-28-9-11-29(42)12-10-28)20-16-32-30(38(37)41)13-14-35-39(4)19-17-34(47-8)27(3)31(39)15-18-40(32,35)5/h9-12,26-27,30-32,34-36,46H,13-25H2,1-8H3. The Morgan fingerprint density at radius 1 is 0.957 bits per heavy atom. The van der Waals surface area contributed by atoms with E-state index < -0.39 is 11.5 Å². The van der Waals surface area contributed by atoms with Crippen LogP contribution in [0.25, 0.3) is 0 Å². The highest BCUT2D eigenvalue weighted by Crippen LogP contribution is 2.72. The van der Waals surface area contributed by atoms with Gasteiger partial charge in [0.05, 0.1) is 12.2 Å². The smallest absolute Gasteiger partial charge is 0.160 e. The first-order valence-corrected chi connectivity index (χ1v) is 19.2. The van der Waals surface area contributed by atoms with Crippen molar-refractivity contribution in [3.05, 3.63) is 46.0 Å². The fourth-order valence-electron chi connectivity index (χ4n) is 12.5. The summed E-state index contributed by atoms with van der Waals surface area (Å²) < 4.78 is 5.99. The molecule has 6 rings (SSSR count). The molecule has 5 aliphatic rings. The summed E-state index contributed by atoms with van der Waals surface area (Å²) in [4.78, 5) is 18.7. The van der Waals surface area contributed by atoms with Crippen molar-refractivity contribution in [3.8, 4) is 0 Å². The number of aliphatic hydroxyl groups is 1. The minimum atomic E-state index is -0.572.